The summed E-state index contributed by atoms with van der Waals surface area (Å²) in [6, 6.07) is 7.47. The lowest BCUT2D eigenvalue weighted by Gasteiger charge is -2.11. The standard InChI is InChI=1S/C16H13FN4OS/c1-21-9-8-19-16(21)23-14-3-2-12(17)10-13(14)20-15(22)11-4-6-18-7-5-11/h2-10H,1H3,(H,20,22). The van der Waals surface area contributed by atoms with E-state index in [1.54, 1.807) is 24.4 Å². The predicted octanol–water partition coefficient (Wildman–Crippen LogP) is 3.36. The minimum atomic E-state index is -0.417. The van der Waals surface area contributed by atoms with Crippen LogP contribution in [-0.4, -0.2) is 20.4 Å². The van der Waals surface area contributed by atoms with Crippen LogP contribution in [0.25, 0.3) is 0 Å². The Kier molecular flexibility index (Phi) is 4.38. The molecular formula is C16H13FN4OS. The van der Waals surface area contributed by atoms with Crippen LogP contribution in [0.1, 0.15) is 10.4 Å². The molecule has 0 aliphatic heterocycles. The second-order valence-electron chi connectivity index (χ2n) is 4.75. The lowest BCUT2D eigenvalue weighted by Crippen LogP contribution is -2.12. The Morgan fingerprint density at radius 3 is 2.70 bits per heavy atom. The summed E-state index contributed by atoms with van der Waals surface area (Å²) in [6.07, 6.45) is 6.57. The molecule has 0 aliphatic rings. The fraction of sp³-hybridized carbons (Fsp3) is 0.0625. The molecule has 2 aromatic heterocycles. The molecule has 0 saturated carbocycles. The molecule has 0 radical (unpaired) electrons. The van der Waals surface area contributed by atoms with E-state index < -0.39 is 5.82 Å². The van der Waals surface area contributed by atoms with Gasteiger partial charge in [-0.1, -0.05) is 0 Å². The van der Waals surface area contributed by atoms with Crippen LogP contribution >= 0.6 is 11.8 Å². The molecule has 1 amide bonds. The van der Waals surface area contributed by atoms with Crippen molar-refractivity contribution in [2.24, 2.45) is 7.05 Å². The van der Waals surface area contributed by atoms with Crippen LogP contribution in [0.4, 0.5) is 10.1 Å². The SMILES string of the molecule is Cn1ccnc1Sc1ccc(F)cc1NC(=O)c1ccncc1. The van der Waals surface area contributed by atoms with Gasteiger partial charge in [-0.05, 0) is 42.1 Å². The first-order valence-corrected chi connectivity index (χ1v) is 7.61. The molecule has 1 N–H and O–H groups in total. The van der Waals surface area contributed by atoms with Gasteiger partial charge in [-0.25, -0.2) is 9.37 Å². The normalized spacial score (nSPS) is 10.5. The number of hydrogen-bond acceptors (Lipinski definition) is 4. The Hall–Kier alpha value is -2.67. The minimum absolute atomic E-state index is 0.320. The molecule has 2 heterocycles. The molecule has 3 rings (SSSR count). The third-order valence-corrected chi connectivity index (χ3v) is 4.26. The van der Waals surface area contributed by atoms with E-state index in [0.29, 0.717) is 16.1 Å². The summed E-state index contributed by atoms with van der Waals surface area (Å²) in [5.74, 6) is -0.737. The summed E-state index contributed by atoms with van der Waals surface area (Å²) in [6.45, 7) is 0. The van der Waals surface area contributed by atoms with E-state index in [2.05, 4.69) is 15.3 Å². The van der Waals surface area contributed by atoms with Gasteiger partial charge >= 0.3 is 0 Å². The fourth-order valence-electron chi connectivity index (χ4n) is 1.94. The van der Waals surface area contributed by atoms with Crippen LogP contribution in [-0.2, 0) is 7.05 Å². The maximum Gasteiger partial charge on any atom is 0.255 e. The zero-order valence-corrected chi connectivity index (χ0v) is 13.0. The topological polar surface area (TPSA) is 59.8 Å². The Balaban J connectivity index is 1.87. The van der Waals surface area contributed by atoms with E-state index in [1.165, 1.54) is 36.3 Å². The molecule has 1 aromatic carbocycles. The van der Waals surface area contributed by atoms with Gasteiger partial charge in [0.2, 0.25) is 0 Å². The van der Waals surface area contributed by atoms with Crippen molar-refractivity contribution >= 4 is 23.4 Å². The molecule has 0 bridgehead atoms. The van der Waals surface area contributed by atoms with Crippen LogP contribution in [0.3, 0.4) is 0 Å². The maximum atomic E-state index is 13.6. The van der Waals surface area contributed by atoms with Gasteiger partial charge in [-0.3, -0.25) is 9.78 Å². The largest absolute Gasteiger partial charge is 0.329 e. The number of benzene rings is 1. The van der Waals surface area contributed by atoms with Crippen LogP contribution < -0.4 is 5.32 Å². The maximum absolute atomic E-state index is 13.6. The second-order valence-corrected chi connectivity index (χ2v) is 5.76. The highest BCUT2D eigenvalue weighted by molar-refractivity contribution is 7.99. The molecule has 0 aliphatic carbocycles. The van der Waals surface area contributed by atoms with E-state index in [4.69, 9.17) is 0 Å². The zero-order chi connectivity index (χ0) is 16.2. The van der Waals surface area contributed by atoms with E-state index >= 15 is 0 Å². The van der Waals surface area contributed by atoms with Crippen LogP contribution in [0.5, 0.6) is 0 Å². The lowest BCUT2D eigenvalue weighted by atomic mass is 10.2. The fourth-order valence-corrected chi connectivity index (χ4v) is 2.81. The molecule has 0 unspecified atom stereocenters. The van der Waals surface area contributed by atoms with Crippen LogP contribution in [0, 0.1) is 5.82 Å². The van der Waals surface area contributed by atoms with Crippen molar-refractivity contribution < 1.29 is 9.18 Å². The number of anilines is 1. The first kappa shape index (κ1) is 15.2. The number of rotatable bonds is 4. The number of carbonyl (C=O) groups is 1. The molecule has 0 spiro atoms. The third kappa shape index (κ3) is 3.57. The highest BCUT2D eigenvalue weighted by Gasteiger charge is 2.12. The summed E-state index contributed by atoms with van der Waals surface area (Å²) in [5.41, 5.74) is 0.858. The molecule has 5 nitrogen and oxygen atoms in total. The van der Waals surface area contributed by atoms with Crippen molar-refractivity contribution in [3.63, 3.8) is 0 Å². The minimum Gasteiger partial charge on any atom is -0.329 e. The van der Waals surface area contributed by atoms with Crippen molar-refractivity contribution in [3.8, 4) is 0 Å². The van der Waals surface area contributed by atoms with E-state index in [-0.39, 0.29) is 5.91 Å². The molecule has 116 valence electrons. The average molecular weight is 328 g/mol. The van der Waals surface area contributed by atoms with Gasteiger partial charge in [0.25, 0.3) is 5.91 Å². The highest BCUT2D eigenvalue weighted by atomic mass is 32.2. The number of nitrogens with zero attached hydrogens (tertiary/aromatic N) is 3. The lowest BCUT2D eigenvalue weighted by molar-refractivity contribution is 0.102. The summed E-state index contributed by atoms with van der Waals surface area (Å²) in [4.78, 5) is 21.1. The monoisotopic (exact) mass is 328 g/mol. The Morgan fingerprint density at radius 2 is 2.00 bits per heavy atom. The molecule has 7 heteroatoms. The Morgan fingerprint density at radius 1 is 1.22 bits per heavy atom. The first-order valence-electron chi connectivity index (χ1n) is 6.79. The zero-order valence-electron chi connectivity index (χ0n) is 12.2. The van der Waals surface area contributed by atoms with Gasteiger partial charge in [0.05, 0.1) is 5.69 Å². The van der Waals surface area contributed by atoms with Gasteiger partial charge in [0, 0.05) is 42.3 Å². The van der Waals surface area contributed by atoms with Gasteiger partial charge < -0.3 is 9.88 Å². The second kappa shape index (κ2) is 6.62. The number of pyridine rings is 1. The average Bonchev–Trinajstić information content (AvgIpc) is 2.96. The molecule has 3 aromatic rings. The van der Waals surface area contributed by atoms with Gasteiger partial charge in [-0.15, -0.1) is 0 Å². The molecule has 23 heavy (non-hydrogen) atoms. The van der Waals surface area contributed by atoms with Gasteiger partial charge in [0.15, 0.2) is 5.16 Å². The van der Waals surface area contributed by atoms with E-state index in [9.17, 15) is 9.18 Å². The number of halogens is 1. The van der Waals surface area contributed by atoms with Crippen molar-refractivity contribution in [1.29, 1.82) is 0 Å². The molecular weight excluding hydrogens is 315 g/mol. The number of carbonyl (C=O) groups excluding carboxylic acids is 1. The first-order chi connectivity index (χ1) is 11.1. The van der Waals surface area contributed by atoms with Crippen LogP contribution in [0.2, 0.25) is 0 Å². The van der Waals surface area contributed by atoms with Crippen molar-refractivity contribution in [2.45, 2.75) is 10.1 Å². The van der Waals surface area contributed by atoms with Crippen LogP contribution in [0.15, 0.2) is 65.2 Å². The van der Waals surface area contributed by atoms with Gasteiger partial charge in [-0.2, -0.15) is 0 Å². The number of nitrogens with one attached hydrogen (secondary N) is 1. The number of aromatic nitrogens is 3. The summed E-state index contributed by atoms with van der Waals surface area (Å²) in [7, 11) is 1.87. The van der Waals surface area contributed by atoms with Crippen molar-refractivity contribution in [3.05, 3.63) is 66.5 Å². The molecule has 0 saturated heterocycles. The smallest absolute Gasteiger partial charge is 0.255 e. The third-order valence-electron chi connectivity index (χ3n) is 3.11. The van der Waals surface area contributed by atoms with E-state index in [0.717, 1.165) is 5.16 Å². The summed E-state index contributed by atoms with van der Waals surface area (Å²) >= 11 is 1.35. The predicted molar refractivity (Wildman–Crippen MR) is 85.9 cm³/mol. The quantitative estimate of drug-likeness (QED) is 0.798. The molecule has 0 atom stereocenters. The highest BCUT2D eigenvalue weighted by Crippen LogP contribution is 2.33. The number of amides is 1. The van der Waals surface area contributed by atoms with Crippen molar-refractivity contribution in [2.75, 3.05) is 5.32 Å². The summed E-state index contributed by atoms with van der Waals surface area (Å²) in [5, 5.41) is 3.48. The van der Waals surface area contributed by atoms with Gasteiger partial charge in [0.1, 0.15) is 5.82 Å². The Labute approximate surface area is 136 Å². The van der Waals surface area contributed by atoms with E-state index in [1.807, 2.05) is 17.8 Å². The van der Waals surface area contributed by atoms with Crippen molar-refractivity contribution in [1.82, 2.24) is 14.5 Å². The summed E-state index contributed by atoms with van der Waals surface area (Å²) < 4.78 is 15.4. The number of hydrogen-bond donors (Lipinski definition) is 1. The Bertz CT molecular complexity index is 835. The number of aryl methyl sites for hydroxylation is 1. The molecule has 0 fully saturated rings. The number of imidazole rings is 1.